The fourth-order valence-electron chi connectivity index (χ4n) is 2.48. The first-order valence-electron chi connectivity index (χ1n) is 7.97. The van der Waals surface area contributed by atoms with Crippen molar-refractivity contribution in [2.45, 2.75) is 13.8 Å². The number of rotatable bonds is 6. The minimum Gasteiger partial charge on any atom is -0.275 e. The van der Waals surface area contributed by atoms with Gasteiger partial charge >= 0.3 is 0 Å². The van der Waals surface area contributed by atoms with Crippen molar-refractivity contribution in [2.24, 2.45) is 12.0 Å². The Labute approximate surface area is 152 Å². The Morgan fingerprint density at radius 2 is 1.81 bits per heavy atom. The molecule has 2 rings (SSSR count). The van der Waals surface area contributed by atoms with E-state index in [2.05, 4.69) is 29.8 Å². The van der Waals surface area contributed by atoms with Crippen LogP contribution in [0.2, 0.25) is 0 Å². The Morgan fingerprint density at radius 1 is 1.19 bits per heavy atom. The van der Waals surface area contributed by atoms with Crippen LogP contribution in [-0.4, -0.2) is 15.5 Å². The van der Waals surface area contributed by atoms with Gasteiger partial charge in [-0.1, -0.05) is 31.9 Å². The molecule has 2 aromatic rings. The van der Waals surface area contributed by atoms with E-state index in [-0.39, 0.29) is 11.3 Å². The predicted octanol–water partition coefficient (Wildman–Crippen LogP) is 5.32. The number of benzene rings is 1. The Bertz CT molecular complexity index is 923. The van der Waals surface area contributed by atoms with Crippen molar-refractivity contribution >= 4 is 17.4 Å². The van der Waals surface area contributed by atoms with Crippen molar-refractivity contribution in [1.29, 1.82) is 0 Å². The lowest BCUT2D eigenvalue weighted by atomic mass is 10.0. The summed E-state index contributed by atoms with van der Waals surface area (Å²) in [5.74, 6) is -1.38. The summed E-state index contributed by atoms with van der Waals surface area (Å²) in [5.41, 5.74) is 3.00. The Morgan fingerprint density at radius 3 is 2.27 bits per heavy atom. The quantitative estimate of drug-likeness (QED) is 0.510. The first-order valence-corrected chi connectivity index (χ1v) is 7.97. The van der Waals surface area contributed by atoms with Crippen LogP contribution >= 0.6 is 0 Å². The second kappa shape index (κ2) is 7.87. The van der Waals surface area contributed by atoms with Crippen molar-refractivity contribution < 1.29 is 8.78 Å². The highest BCUT2D eigenvalue weighted by Gasteiger charge is 2.16. The van der Waals surface area contributed by atoms with Gasteiger partial charge in [-0.25, -0.2) is 8.78 Å². The van der Waals surface area contributed by atoms with Crippen LogP contribution in [0.4, 0.5) is 8.78 Å². The molecule has 0 saturated carbocycles. The summed E-state index contributed by atoms with van der Waals surface area (Å²) >= 11 is 0. The third-order valence-electron chi connectivity index (χ3n) is 3.96. The number of aryl methyl sites for hydroxylation is 1. The fourth-order valence-corrected chi connectivity index (χ4v) is 2.48. The van der Waals surface area contributed by atoms with Crippen LogP contribution in [-0.2, 0) is 7.05 Å². The number of allylic oxidation sites excluding steroid dienone is 3. The highest BCUT2D eigenvalue weighted by molar-refractivity contribution is 6.01. The molecule has 26 heavy (non-hydrogen) atoms. The van der Waals surface area contributed by atoms with E-state index in [1.165, 1.54) is 18.2 Å². The van der Waals surface area contributed by atoms with Gasteiger partial charge < -0.3 is 0 Å². The summed E-state index contributed by atoms with van der Waals surface area (Å²) in [6.45, 7) is 14.7. The van der Waals surface area contributed by atoms with Gasteiger partial charge in [-0.05, 0) is 37.1 Å². The van der Waals surface area contributed by atoms with Gasteiger partial charge in [-0.15, -0.1) is 0 Å². The monoisotopic (exact) mass is 353 g/mol. The molecule has 0 aliphatic rings. The molecule has 0 N–H and O–H groups in total. The highest BCUT2D eigenvalue weighted by atomic mass is 19.1. The molecule has 0 spiro atoms. The highest BCUT2D eigenvalue weighted by Crippen LogP contribution is 2.27. The third kappa shape index (κ3) is 3.94. The molecular formula is C21H21F2N3. The molecule has 0 radical (unpaired) electrons. The van der Waals surface area contributed by atoms with Gasteiger partial charge in [0.25, 0.3) is 0 Å². The molecule has 5 heteroatoms. The average Bonchev–Trinajstić information content (AvgIpc) is 3.04. The number of aromatic nitrogens is 2. The number of nitrogens with zero attached hydrogens (tertiary/aromatic N) is 3. The SMILES string of the molecule is C=C/C(C)=C(\N=C(C)c1c(F)cc(C=C)cc1F)C(=C)c1cnn(C)c1. The minimum absolute atomic E-state index is 0.177. The van der Waals surface area contributed by atoms with E-state index in [0.717, 1.165) is 11.1 Å². The second-order valence-electron chi connectivity index (χ2n) is 5.88. The molecule has 0 unspecified atom stereocenters. The topological polar surface area (TPSA) is 30.2 Å². The average molecular weight is 353 g/mol. The van der Waals surface area contributed by atoms with Gasteiger partial charge in [-0.3, -0.25) is 9.67 Å². The van der Waals surface area contributed by atoms with Crippen LogP contribution in [0, 0.1) is 11.6 Å². The smallest absolute Gasteiger partial charge is 0.135 e. The van der Waals surface area contributed by atoms with Gasteiger partial charge in [0.2, 0.25) is 0 Å². The molecule has 0 amide bonds. The number of hydrogen-bond acceptors (Lipinski definition) is 2. The molecule has 1 aromatic heterocycles. The maximum absolute atomic E-state index is 14.4. The van der Waals surface area contributed by atoms with E-state index in [1.54, 1.807) is 37.1 Å². The van der Waals surface area contributed by atoms with Gasteiger partial charge in [0.05, 0.1) is 23.2 Å². The van der Waals surface area contributed by atoms with Crippen molar-refractivity contribution in [3.8, 4) is 0 Å². The lowest BCUT2D eigenvalue weighted by Gasteiger charge is -2.11. The lowest BCUT2D eigenvalue weighted by molar-refractivity contribution is 0.578. The van der Waals surface area contributed by atoms with Crippen molar-refractivity contribution in [2.75, 3.05) is 0 Å². The Hall–Kier alpha value is -3.08. The standard InChI is InChI=1S/C21H21F2N3/c1-7-13(3)21(14(4)17-11-24-26(6)12-17)25-15(5)20-18(22)9-16(8-2)10-19(20)23/h7-12H,1-2,4H2,3,5-6H3/b21-13-,25-15?. The van der Waals surface area contributed by atoms with Crippen molar-refractivity contribution in [1.82, 2.24) is 9.78 Å². The molecule has 134 valence electrons. The van der Waals surface area contributed by atoms with E-state index >= 15 is 0 Å². The lowest BCUT2D eigenvalue weighted by Crippen LogP contribution is -2.05. The normalized spacial score (nSPS) is 12.6. The van der Waals surface area contributed by atoms with Crippen LogP contribution in [0.1, 0.15) is 30.5 Å². The molecule has 0 aliphatic carbocycles. The maximum atomic E-state index is 14.4. The Balaban J connectivity index is 2.57. The predicted molar refractivity (Wildman–Crippen MR) is 104 cm³/mol. The van der Waals surface area contributed by atoms with Crippen LogP contribution in [0.5, 0.6) is 0 Å². The van der Waals surface area contributed by atoms with Gasteiger partial charge in [0, 0.05) is 24.4 Å². The molecule has 1 heterocycles. The van der Waals surface area contributed by atoms with E-state index < -0.39 is 11.6 Å². The maximum Gasteiger partial charge on any atom is 0.135 e. The zero-order valence-corrected chi connectivity index (χ0v) is 15.2. The molecule has 1 aromatic carbocycles. The van der Waals surface area contributed by atoms with Crippen LogP contribution in [0.15, 0.2) is 66.6 Å². The van der Waals surface area contributed by atoms with E-state index in [9.17, 15) is 8.78 Å². The fraction of sp³-hybridized carbons (Fsp3) is 0.143. The van der Waals surface area contributed by atoms with Gasteiger partial charge in [0.1, 0.15) is 11.6 Å². The molecule has 0 fully saturated rings. The molecule has 0 saturated heterocycles. The van der Waals surface area contributed by atoms with E-state index in [1.807, 2.05) is 6.92 Å². The van der Waals surface area contributed by atoms with Gasteiger partial charge in [-0.2, -0.15) is 5.10 Å². The summed E-state index contributed by atoms with van der Waals surface area (Å²) in [6, 6.07) is 2.45. The summed E-state index contributed by atoms with van der Waals surface area (Å²) in [7, 11) is 1.79. The zero-order chi connectivity index (χ0) is 19.4. The minimum atomic E-state index is -0.691. The van der Waals surface area contributed by atoms with E-state index in [0.29, 0.717) is 16.8 Å². The van der Waals surface area contributed by atoms with Crippen LogP contribution in [0.3, 0.4) is 0 Å². The third-order valence-corrected chi connectivity index (χ3v) is 3.96. The molecule has 0 aliphatic heterocycles. The van der Waals surface area contributed by atoms with Crippen molar-refractivity contribution in [3.63, 3.8) is 0 Å². The summed E-state index contributed by atoms with van der Waals surface area (Å²) in [5, 5.41) is 4.12. The number of hydrogen-bond donors (Lipinski definition) is 0. The molecule has 0 atom stereocenters. The van der Waals surface area contributed by atoms with E-state index in [4.69, 9.17) is 0 Å². The van der Waals surface area contributed by atoms with Gasteiger partial charge in [0.15, 0.2) is 0 Å². The van der Waals surface area contributed by atoms with Crippen LogP contribution in [0.25, 0.3) is 11.6 Å². The first-order chi connectivity index (χ1) is 12.3. The number of aliphatic imine (C=N–C) groups is 1. The largest absolute Gasteiger partial charge is 0.275 e. The van der Waals surface area contributed by atoms with Crippen LogP contribution < -0.4 is 0 Å². The summed E-state index contributed by atoms with van der Waals surface area (Å²) in [6.07, 6.45) is 6.47. The molecular weight excluding hydrogens is 332 g/mol. The van der Waals surface area contributed by atoms with Crippen molar-refractivity contribution in [3.05, 3.63) is 89.9 Å². The molecule has 3 nitrogen and oxygen atoms in total. The Kier molecular flexibility index (Phi) is 5.82. The second-order valence-corrected chi connectivity index (χ2v) is 5.88. The zero-order valence-electron chi connectivity index (χ0n) is 15.2. The molecule has 0 bridgehead atoms. The first kappa shape index (κ1) is 19.2. The summed E-state index contributed by atoms with van der Waals surface area (Å²) in [4.78, 5) is 4.46. The summed E-state index contributed by atoms with van der Waals surface area (Å²) < 4.78 is 30.4. The number of halogens is 2.